The number of para-hydroxylation sites is 3. The molecule has 40 heavy (non-hydrogen) atoms. The first-order valence-electron chi connectivity index (χ1n) is 13.2. The summed E-state index contributed by atoms with van der Waals surface area (Å²) in [5.74, 6) is 0.572. The van der Waals surface area contributed by atoms with Crippen LogP contribution in [0.2, 0.25) is 0 Å². The maximum atomic E-state index is 6.31. The van der Waals surface area contributed by atoms with E-state index in [-0.39, 0.29) is 0 Å². The smallest absolute Gasteiger partial charge is 0.228 e. The molecule has 4 heterocycles. The van der Waals surface area contributed by atoms with E-state index < -0.39 is 0 Å². The minimum Gasteiger partial charge on any atom is -0.436 e. The van der Waals surface area contributed by atoms with Gasteiger partial charge < -0.3 is 8.98 Å². The molecule has 0 aliphatic carbocycles. The van der Waals surface area contributed by atoms with Crippen LogP contribution in [0.3, 0.4) is 0 Å². The standard InChI is InChI=1S/C35H22N4O/c1-3-16-32-25(12-1)27-21-26(30-14-6-8-19-37-30)28(35-38-31-15-2-4-17-34(31)40-35)22-33(27)39(32)24-11-9-10-23(20-24)29-13-5-7-18-36-29/h1-22H. The molecule has 0 amide bonds. The van der Waals surface area contributed by atoms with Crippen LogP contribution >= 0.6 is 0 Å². The van der Waals surface area contributed by atoms with Crippen LogP contribution in [0.25, 0.3) is 72.6 Å². The van der Waals surface area contributed by atoms with Crippen LogP contribution < -0.4 is 0 Å². The normalized spacial score (nSPS) is 11.5. The van der Waals surface area contributed by atoms with Crippen molar-refractivity contribution in [3.63, 3.8) is 0 Å². The van der Waals surface area contributed by atoms with E-state index >= 15 is 0 Å². The molecule has 0 unspecified atom stereocenters. The van der Waals surface area contributed by atoms with Gasteiger partial charge in [0, 0.05) is 45.5 Å². The van der Waals surface area contributed by atoms with Gasteiger partial charge in [0.25, 0.3) is 0 Å². The summed E-state index contributed by atoms with van der Waals surface area (Å²) in [6.07, 6.45) is 3.65. The Kier molecular flexibility index (Phi) is 5.07. The minimum atomic E-state index is 0.572. The van der Waals surface area contributed by atoms with Crippen molar-refractivity contribution in [1.29, 1.82) is 0 Å². The van der Waals surface area contributed by atoms with Gasteiger partial charge in [-0.2, -0.15) is 0 Å². The first-order chi connectivity index (χ1) is 19.8. The van der Waals surface area contributed by atoms with Crippen molar-refractivity contribution in [2.75, 3.05) is 0 Å². The molecule has 188 valence electrons. The zero-order chi connectivity index (χ0) is 26.5. The first kappa shape index (κ1) is 22.4. The van der Waals surface area contributed by atoms with Gasteiger partial charge in [0.15, 0.2) is 5.58 Å². The van der Waals surface area contributed by atoms with Crippen LogP contribution in [0, 0.1) is 0 Å². The van der Waals surface area contributed by atoms with Crippen molar-refractivity contribution in [3.8, 4) is 39.7 Å². The summed E-state index contributed by atoms with van der Waals surface area (Å²) >= 11 is 0. The fourth-order valence-corrected chi connectivity index (χ4v) is 5.53. The van der Waals surface area contributed by atoms with Gasteiger partial charge in [-0.1, -0.05) is 54.6 Å². The van der Waals surface area contributed by atoms with E-state index in [9.17, 15) is 0 Å². The fourth-order valence-electron chi connectivity index (χ4n) is 5.53. The molecular formula is C35H22N4O. The van der Waals surface area contributed by atoms with Crippen LogP contribution in [0.4, 0.5) is 0 Å². The Labute approximate surface area is 230 Å². The Morgan fingerprint density at radius 3 is 2.15 bits per heavy atom. The van der Waals surface area contributed by atoms with Crippen molar-refractivity contribution in [1.82, 2.24) is 19.5 Å². The highest BCUT2D eigenvalue weighted by atomic mass is 16.3. The van der Waals surface area contributed by atoms with Crippen LogP contribution in [0.5, 0.6) is 0 Å². The average Bonchev–Trinajstić information content (AvgIpc) is 3.60. The first-order valence-corrected chi connectivity index (χ1v) is 13.2. The second-order valence-corrected chi connectivity index (χ2v) is 9.73. The van der Waals surface area contributed by atoms with Crippen molar-refractivity contribution < 1.29 is 4.42 Å². The van der Waals surface area contributed by atoms with Gasteiger partial charge in [-0.15, -0.1) is 0 Å². The van der Waals surface area contributed by atoms with Gasteiger partial charge in [-0.25, -0.2) is 4.98 Å². The predicted octanol–water partition coefficient (Wildman–Crippen LogP) is 8.72. The van der Waals surface area contributed by atoms with Gasteiger partial charge in [-0.05, 0) is 66.7 Å². The summed E-state index contributed by atoms with van der Waals surface area (Å²) in [6, 6.07) is 41.3. The van der Waals surface area contributed by atoms with E-state index in [1.54, 1.807) is 0 Å². The Morgan fingerprint density at radius 2 is 1.32 bits per heavy atom. The lowest BCUT2D eigenvalue weighted by molar-refractivity contribution is 0.620. The Hall–Kier alpha value is -5.55. The number of fused-ring (bicyclic) bond motifs is 4. The predicted molar refractivity (Wildman–Crippen MR) is 160 cm³/mol. The van der Waals surface area contributed by atoms with Gasteiger partial charge in [0.1, 0.15) is 5.52 Å². The number of pyridine rings is 2. The number of oxazole rings is 1. The molecule has 4 aromatic heterocycles. The summed E-state index contributed by atoms with van der Waals surface area (Å²) in [7, 11) is 0. The van der Waals surface area contributed by atoms with Crippen LogP contribution in [-0.4, -0.2) is 19.5 Å². The van der Waals surface area contributed by atoms with E-state index in [1.807, 2.05) is 73.1 Å². The number of rotatable bonds is 4. The van der Waals surface area contributed by atoms with Crippen LogP contribution in [0.1, 0.15) is 0 Å². The third-order valence-corrected chi connectivity index (χ3v) is 7.34. The monoisotopic (exact) mass is 514 g/mol. The molecule has 0 radical (unpaired) electrons. The lowest BCUT2D eigenvalue weighted by Gasteiger charge is -2.12. The SMILES string of the molecule is c1ccc(-c2cccc(-n3c4ccccc4c4cc(-c5ccccn5)c(-c5nc6ccccc6o5)cc43)c2)nc1. The molecule has 0 saturated heterocycles. The summed E-state index contributed by atoms with van der Waals surface area (Å²) < 4.78 is 8.62. The molecule has 5 heteroatoms. The highest BCUT2D eigenvalue weighted by Crippen LogP contribution is 2.41. The van der Waals surface area contributed by atoms with Crippen LogP contribution in [-0.2, 0) is 0 Å². The average molecular weight is 515 g/mol. The number of nitrogens with zero attached hydrogens (tertiary/aromatic N) is 4. The summed E-state index contributed by atoms with van der Waals surface area (Å²) in [6.45, 7) is 0. The third-order valence-electron chi connectivity index (χ3n) is 7.34. The molecule has 4 aromatic carbocycles. The van der Waals surface area contributed by atoms with Gasteiger partial charge in [0.05, 0.1) is 22.4 Å². The highest BCUT2D eigenvalue weighted by Gasteiger charge is 2.20. The Morgan fingerprint density at radius 1 is 0.550 bits per heavy atom. The number of hydrogen-bond donors (Lipinski definition) is 0. The second kappa shape index (κ2) is 9.03. The van der Waals surface area contributed by atoms with Crippen molar-refractivity contribution in [2.24, 2.45) is 0 Å². The topological polar surface area (TPSA) is 56.7 Å². The molecular weight excluding hydrogens is 492 g/mol. The largest absolute Gasteiger partial charge is 0.436 e. The molecule has 0 spiro atoms. The zero-order valence-electron chi connectivity index (χ0n) is 21.4. The molecule has 8 rings (SSSR count). The molecule has 0 aliphatic rings. The van der Waals surface area contributed by atoms with E-state index in [1.165, 1.54) is 5.39 Å². The van der Waals surface area contributed by atoms with Gasteiger partial charge in [0.2, 0.25) is 5.89 Å². The molecule has 0 atom stereocenters. The quantitative estimate of drug-likeness (QED) is 0.236. The van der Waals surface area contributed by atoms with E-state index in [0.717, 1.165) is 61.3 Å². The lowest BCUT2D eigenvalue weighted by Crippen LogP contribution is -1.96. The van der Waals surface area contributed by atoms with Crippen molar-refractivity contribution >= 4 is 32.9 Å². The van der Waals surface area contributed by atoms with E-state index in [4.69, 9.17) is 14.4 Å². The maximum absolute atomic E-state index is 6.31. The van der Waals surface area contributed by atoms with Crippen molar-refractivity contribution in [2.45, 2.75) is 0 Å². The summed E-state index contributed by atoms with van der Waals surface area (Å²) in [5.41, 5.74) is 9.58. The summed E-state index contributed by atoms with van der Waals surface area (Å²) in [5, 5.41) is 2.31. The molecule has 5 nitrogen and oxygen atoms in total. The highest BCUT2D eigenvalue weighted by molar-refractivity contribution is 6.12. The minimum absolute atomic E-state index is 0.572. The van der Waals surface area contributed by atoms with Gasteiger partial charge in [-0.3, -0.25) is 9.97 Å². The molecule has 0 bridgehead atoms. The Bertz CT molecular complexity index is 2130. The molecule has 8 aromatic rings. The third kappa shape index (κ3) is 3.60. The number of benzene rings is 4. The molecule has 0 saturated carbocycles. The van der Waals surface area contributed by atoms with E-state index in [2.05, 4.69) is 70.2 Å². The second-order valence-electron chi connectivity index (χ2n) is 9.73. The fraction of sp³-hybridized carbons (Fsp3) is 0. The van der Waals surface area contributed by atoms with Gasteiger partial charge >= 0.3 is 0 Å². The summed E-state index contributed by atoms with van der Waals surface area (Å²) in [4.78, 5) is 14.2. The Balaban J connectivity index is 1.45. The number of hydrogen-bond acceptors (Lipinski definition) is 4. The molecule has 0 fully saturated rings. The molecule has 0 aliphatic heterocycles. The van der Waals surface area contributed by atoms with Crippen LogP contribution in [0.15, 0.2) is 138 Å². The maximum Gasteiger partial charge on any atom is 0.228 e. The zero-order valence-corrected chi connectivity index (χ0v) is 21.4. The number of aromatic nitrogens is 4. The lowest BCUT2D eigenvalue weighted by atomic mass is 10.00. The van der Waals surface area contributed by atoms with E-state index in [0.29, 0.717) is 5.89 Å². The van der Waals surface area contributed by atoms with Crippen molar-refractivity contribution in [3.05, 3.63) is 134 Å². The molecule has 0 N–H and O–H groups in total.